The third kappa shape index (κ3) is 4.01. The molecule has 0 saturated heterocycles. The molecule has 0 fully saturated rings. The molecular weight excluding hydrogens is 368 g/mol. The van der Waals surface area contributed by atoms with E-state index in [1.165, 1.54) is 38.9 Å². The van der Waals surface area contributed by atoms with Crippen molar-refractivity contribution in [3.8, 4) is 22.5 Å². The Bertz CT molecular complexity index is 1180. The Balaban J connectivity index is 1.90. The maximum atomic E-state index is 5.78. The molecule has 2 aromatic carbocycles. The Morgan fingerprint density at radius 2 is 1.53 bits per heavy atom. The van der Waals surface area contributed by atoms with E-state index in [9.17, 15) is 0 Å². The van der Waals surface area contributed by atoms with Crippen LogP contribution in [0.4, 0.5) is 0 Å². The largest absolute Gasteiger partial charge is 0.338 e. The first-order chi connectivity index (χ1) is 14.5. The van der Waals surface area contributed by atoms with E-state index < -0.39 is 0 Å². The molecule has 0 saturated carbocycles. The summed E-state index contributed by atoms with van der Waals surface area (Å²) in [6.45, 7) is 9.24. The fraction of sp³-hybridized carbons (Fsp3) is 0.308. The summed E-state index contributed by atoms with van der Waals surface area (Å²) in [5, 5.41) is 0. The SMILES string of the molecule is Cc1cc(C)cc(-c2cncc(-c3nc4cc(C)cc(C)c4[nH]3)c2CCCCN)c1. The normalized spacial score (nSPS) is 11.4. The van der Waals surface area contributed by atoms with Crippen LogP contribution in [0.15, 0.2) is 42.7 Å². The van der Waals surface area contributed by atoms with Crippen molar-refractivity contribution in [1.82, 2.24) is 15.0 Å². The van der Waals surface area contributed by atoms with Gasteiger partial charge < -0.3 is 10.7 Å². The number of unbranched alkanes of at least 4 members (excludes halogenated alkanes) is 1. The number of hydrogen-bond donors (Lipinski definition) is 2. The van der Waals surface area contributed by atoms with Gasteiger partial charge in [0.1, 0.15) is 5.82 Å². The first kappa shape index (κ1) is 20.3. The average Bonchev–Trinajstić information content (AvgIpc) is 3.11. The number of aryl methyl sites for hydroxylation is 4. The predicted octanol–water partition coefficient (Wildman–Crippen LogP) is 5.81. The van der Waals surface area contributed by atoms with Gasteiger partial charge >= 0.3 is 0 Å². The number of benzene rings is 2. The third-order valence-electron chi connectivity index (χ3n) is 5.66. The molecule has 0 aliphatic carbocycles. The zero-order valence-electron chi connectivity index (χ0n) is 18.3. The summed E-state index contributed by atoms with van der Waals surface area (Å²) in [7, 11) is 0. The highest BCUT2D eigenvalue weighted by atomic mass is 14.9. The molecule has 0 aliphatic rings. The predicted molar refractivity (Wildman–Crippen MR) is 126 cm³/mol. The number of nitrogens with two attached hydrogens (primary N) is 1. The number of pyridine rings is 1. The van der Waals surface area contributed by atoms with E-state index in [2.05, 4.69) is 68.0 Å². The molecule has 0 amide bonds. The highest BCUT2D eigenvalue weighted by Gasteiger charge is 2.16. The minimum absolute atomic E-state index is 0.711. The number of fused-ring (bicyclic) bond motifs is 1. The highest BCUT2D eigenvalue weighted by Crippen LogP contribution is 2.34. The second kappa shape index (κ2) is 8.41. The van der Waals surface area contributed by atoms with Crippen LogP contribution in [0.2, 0.25) is 0 Å². The molecule has 4 aromatic rings. The molecule has 0 unspecified atom stereocenters. The first-order valence-electron chi connectivity index (χ1n) is 10.7. The molecule has 3 N–H and O–H groups in total. The number of aromatic amines is 1. The van der Waals surface area contributed by atoms with Crippen LogP contribution >= 0.6 is 0 Å². The molecule has 0 radical (unpaired) electrons. The molecule has 0 atom stereocenters. The van der Waals surface area contributed by atoms with Crippen LogP contribution in [-0.2, 0) is 6.42 Å². The summed E-state index contributed by atoms with van der Waals surface area (Å²) in [6, 6.07) is 11.0. The molecule has 154 valence electrons. The van der Waals surface area contributed by atoms with Crippen molar-refractivity contribution in [2.24, 2.45) is 5.73 Å². The summed E-state index contributed by atoms with van der Waals surface area (Å²) in [5.74, 6) is 0.889. The van der Waals surface area contributed by atoms with Crippen LogP contribution in [0.5, 0.6) is 0 Å². The maximum Gasteiger partial charge on any atom is 0.140 e. The van der Waals surface area contributed by atoms with Crippen molar-refractivity contribution in [3.63, 3.8) is 0 Å². The summed E-state index contributed by atoms with van der Waals surface area (Å²) in [6.07, 6.45) is 6.94. The second-order valence-corrected chi connectivity index (χ2v) is 8.40. The Kier molecular flexibility index (Phi) is 5.69. The number of nitrogens with zero attached hydrogens (tertiary/aromatic N) is 2. The fourth-order valence-electron chi connectivity index (χ4n) is 4.38. The lowest BCUT2D eigenvalue weighted by molar-refractivity contribution is 0.745. The van der Waals surface area contributed by atoms with E-state index in [0.29, 0.717) is 6.54 Å². The lowest BCUT2D eigenvalue weighted by Crippen LogP contribution is -2.02. The smallest absolute Gasteiger partial charge is 0.140 e. The van der Waals surface area contributed by atoms with Gasteiger partial charge in [-0.25, -0.2) is 4.98 Å². The van der Waals surface area contributed by atoms with Crippen molar-refractivity contribution in [2.75, 3.05) is 6.54 Å². The van der Waals surface area contributed by atoms with Gasteiger partial charge in [0.2, 0.25) is 0 Å². The minimum atomic E-state index is 0.711. The zero-order valence-corrected chi connectivity index (χ0v) is 18.3. The van der Waals surface area contributed by atoms with E-state index in [1.807, 2.05) is 12.4 Å². The highest BCUT2D eigenvalue weighted by molar-refractivity contribution is 5.85. The molecule has 4 nitrogen and oxygen atoms in total. The Labute approximate surface area is 178 Å². The molecule has 4 heteroatoms. The zero-order chi connectivity index (χ0) is 21.3. The van der Waals surface area contributed by atoms with Gasteiger partial charge in [0.05, 0.1) is 11.0 Å². The van der Waals surface area contributed by atoms with Gasteiger partial charge in [-0.3, -0.25) is 4.98 Å². The van der Waals surface area contributed by atoms with Gasteiger partial charge in [0.15, 0.2) is 0 Å². The standard InChI is InChI=1S/C26H30N4/c1-16-9-17(2)12-20(11-16)22-14-28-15-23(21(22)7-5-6-8-27)26-29-24-13-18(3)10-19(4)25(24)30-26/h9-15H,5-8,27H2,1-4H3,(H,29,30). The molecule has 2 heterocycles. The second-order valence-electron chi connectivity index (χ2n) is 8.40. The molecule has 30 heavy (non-hydrogen) atoms. The lowest BCUT2D eigenvalue weighted by atomic mass is 9.92. The van der Waals surface area contributed by atoms with Crippen LogP contribution in [0, 0.1) is 27.7 Å². The lowest BCUT2D eigenvalue weighted by Gasteiger charge is -2.14. The molecule has 4 rings (SSSR count). The van der Waals surface area contributed by atoms with E-state index in [4.69, 9.17) is 10.7 Å². The van der Waals surface area contributed by atoms with Gasteiger partial charge in [0.25, 0.3) is 0 Å². The number of H-pyrrole nitrogens is 1. The van der Waals surface area contributed by atoms with Gasteiger partial charge in [0, 0.05) is 23.5 Å². The van der Waals surface area contributed by atoms with Gasteiger partial charge in [-0.2, -0.15) is 0 Å². The number of rotatable bonds is 6. The van der Waals surface area contributed by atoms with Crippen LogP contribution in [0.1, 0.15) is 40.7 Å². The minimum Gasteiger partial charge on any atom is -0.338 e. The molecular formula is C26H30N4. The van der Waals surface area contributed by atoms with Crippen LogP contribution in [-0.4, -0.2) is 21.5 Å². The first-order valence-corrected chi connectivity index (χ1v) is 10.7. The van der Waals surface area contributed by atoms with Crippen LogP contribution in [0.3, 0.4) is 0 Å². The van der Waals surface area contributed by atoms with E-state index in [0.717, 1.165) is 41.7 Å². The van der Waals surface area contributed by atoms with Crippen molar-refractivity contribution in [2.45, 2.75) is 47.0 Å². The molecule has 0 spiro atoms. The maximum absolute atomic E-state index is 5.78. The molecule has 2 aromatic heterocycles. The monoisotopic (exact) mass is 398 g/mol. The number of aromatic nitrogens is 3. The third-order valence-corrected chi connectivity index (χ3v) is 5.66. The van der Waals surface area contributed by atoms with Crippen molar-refractivity contribution in [1.29, 1.82) is 0 Å². The van der Waals surface area contributed by atoms with Crippen LogP contribution in [0.25, 0.3) is 33.5 Å². The van der Waals surface area contributed by atoms with Crippen molar-refractivity contribution < 1.29 is 0 Å². The summed E-state index contributed by atoms with van der Waals surface area (Å²) >= 11 is 0. The summed E-state index contributed by atoms with van der Waals surface area (Å²) < 4.78 is 0. The Morgan fingerprint density at radius 3 is 2.27 bits per heavy atom. The van der Waals surface area contributed by atoms with Gasteiger partial charge in [-0.05, 0) is 81.8 Å². The average molecular weight is 399 g/mol. The Hall–Kier alpha value is -2.98. The number of imidazole rings is 1. The van der Waals surface area contributed by atoms with Crippen molar-refractivity contribution >= 4 is 11.0 Å². The van der Waals surface area contributed by atoms with E-state index in [-0.39, 0.29) is 0 Å². The van der Waals surface area contributed by atoms with E-state index >= 15 is 0 Å². The van der Waals surface area contributed by atoms with E-state index in [1.54, 1.807) is 0 Å². The fourth-order valence-corrected chi connectivity index (χ4v) is 4.38. The topological polar surface area (TPSA) is 67.6 Å². The molecule has 0 aliphatic heterocycles. The van der Waals surface area contributed by atoms with Gasteiger partial charge in [-0.15, -0.1) is 0 Å². The number of hydrogen-bond acceptors (Lipinski definition) is 3. The van der Waals surface area contributed by atoms with Gasteiger partial charge in [-0.1, -0.05) is 35.4 Å². The summed E-state index contributed by atoms with van der Waals surface area (Å²) in [5.41, 5.74) is 17.6. The van der Waals surface area contributed by atoms with Crippen LogP contribution < -0.4 is 5.73 Å². The quantitative estimate of drug-likeness (QED) is 0.403. The summed E-state index contributed by atoms with van der Waals surface area (Å²) in [4.78, 5) is 13.1. The number of nitrogens with one attached hydrogen (secondary N) is 1. The molecule has 0 bridgehead atoms. The van der Waals surface area contributed by atoms with Crippen molar-refractivity contribution in [3.05, 3.63) is 70.5 Å². The Morgan fingerprint density at radius 1 is 0.833 bits per heavy atom.